The average molecular weight is 450 g/mol. The number of unbranched alkanes of at least 4 members (excludes halogenated alkanes) is 6. The van der Waals surface area contributed by atoms with Crippen LogP contribution in [0.4, 0.5) is 4.79 Å². The van der Waals surface area contributed by atoms with E-state index in [9.17, 15) is 14.4 Å². The molecular weight excluding hydrogens is 410 g/mol. The van der Waals surface area contributed by atoms with Crippen LogP contribution in [0.3, 0.4) is 0 Å². The monoisotopic (exact) mass is 449 g/mol. The molecule has 1 atom stereocenters. The molecular formula is C24H39N3O5. The zero-order valence-electron chi connectivity index (χ0n) is 19.7. The summed E-state index contributed by atoms with van der Waals surface area (Å²) in [5, 5.41) is 0. The van der Waals surface area contributed by atoms with Gasteiger partial charge in [0.05, 0.1) is 0 Å². The molecule has 0 saturated heterocycles. The minimum Gasteiger partial charge on any atom is -0.486 e. The van der Waals surface area contributed by atoms with Crippen LogP contribution in [0.15, 0.2) is 30.3 Å². The van der Waals surface area contributed by atoms with Crippen molar-refractivity contribution in [1.82, 2.24) is 10.9 Å². The van der Waals surface area contributed by atoms with Crippen LogP contribution in [0.1, 0.15) is 72.1 Å². The second-order valence-electron chi connectivity index (χ2n) is 8.79. The van der Waals surface area contributed by atoms with Gasteiger partial charge in [-0.05, 0) is 52.3 Å². The summed E-state index contributed by atoms with van der Waals surface area (Å²) in [5.74, 6) is -1.25. The first-order valence-electron chi connectivity index (χ1n) is 11.4. The lowest BCUT2D eigenvalue weighted by Gasteiger charge is -2.21. The summed E-state index contributed by atoms with van der Waals surface area (Å²) >= 11 is 0. The third-order valence-corrected chi connectivity index (χ3v) is 4.71. The first kappa shape index (κ1) is 27.4. The van der Waals surface area contributed by atoms with Crippen LogP contribution in [0.25, 0.3) is 0 Å². The number of carbonyl (C=O) groups is 3. The predicted octanol–water partition coefficient (Wildman–Crippen LogP) is 3.89. The van der Waals surface area contributed by atoms with Gasteiger partial charge in [0.15, 0.2) is 5.78 Å². The quantitative estimate of drug-likeness (QED) is 0.225. The van der Waals surface area contributed by atoms with E-state index in [1.165, 1.54) is 0 Å². The van der Waals surface area contributed by atoms with Crippen LogP contribution >= 0.6 is 0 Å². The maximum Gasteiger partial charge on any atom is 0.426 e. The van der Waals surface area contributed by atoms with E-state index in [2.05, 4.69) is 10.9 Å². The van der Waals surface area contributed by atoms with Crippen molar-refractivity contribution in [3.63, 3.8) is 0 Å². The SMILES string of the molecule is CC(C)(C)OC(=O)NNC(=O)C(CCCCCCCCCN)C(=O)COc1ccccc1. The number of rotatable bonds is 14. The van der Waals surface area contributed by atoms with Gasteiger partial charge in [0.2, 0.25) is 5.91 Å². The number of para-hydroxylation sites is 1. The molecule has 32 heavy (non-hydrogen) atoms. The summed E-state index contributed by atoms with van der Waals surface area (Å²) in [7, 11) is 0. The molecule has 0 radical (unpaired) electrons. The summed E-state index contributed by atoms with van der Waals surface area (Å²) in [4.78, 5) is 37.2. The molecule has 0 aliphatic carbocycles. The molecule has 1 unspecified atom stereocenters. The number of ether oxygens (including phenoxy) is 2. The Morgan fingerprint density at radius 2 is 1.50 bits per heavy atom. The molecule has 0 aliphatic heterocycles. The zero-order chi connectivity index (χ0) is 23.8. The van der Waals surface area contributed by atoms with Gasteiger partial charge in [0.25, 0.3) is 0 Å². The van der Waals surface area contributed by atoms with E-state index in [0.717, 1.165) is 51.5 Å². The number of Topliss-reactive ketones (excluding diaryl/α,β-unsaturated/α-hetero) is 1. The Morgan fingerprint density at radius 1 is 0.906 bits per heavy atom. The highest BCUT2D eigenvalue weighted by molar-refractivity contribution is 6.02. The van der Waals surface area contributed by atoms with Gasteiger partial charge in [-0.25, -0.2) is 10.2 Å². The van der Waals surface area contributed by atoms with Crippen LogP contribution in [0, 0.1) is 5.92 Å². The van der Waals surface area contributed by atoms with Crippen molar-refractivity contribution in [2.45, 2.75) is 77.7 Å². The Hall–Kier alpha value is -2.61. The van der Waals surface area contributed by atoms with Gasteiger partial charge in [0, 0.05) is 0 Å². The first-order chi connectivity index (χ1) is 15.2. The third-order valence-electron chi connectivity index (χ3n) is 4.71. The molecule has 2 amide bonds. The van der Waals surface area contributed by atoms with Gasteiger partial charge in [-0.1, -0.05) is 56.7 Å². The van der Waals surface area contributed by atoms with E-state index in [-0.39, 0.29) is 12.4 Å². The molecule has 0 spiro atoms. The molecule has 0 heterocycles. The largest absolute Gasteiger partial charge is 0.486 e. The Morgan fingerprint density at radius 3 is 2.09 bits per heavy atom. The number of carbonyl (C=O) groups excluding carboxylic acids is 3. The number of nitrogens with two attached hydrogens (primary N) is 1. The summed E-state index contributed by atoms with van der Waals surface area (Å²) in [6.07, 6.45) is 6.75. The summed E-state index contributed by atoms with van der Waals surface area (Å²) in [5.41, 5.74) is 9.33. The van der Waals surface area contributed by atoms with E-state index in [1.807, 2.05) is 18.2 Å². The molecule has 0 fully saturated rings. The fourth-order valence-corrected chi connectivity index (χ4v) is 3.09. The van der Waals surface area contributed by atoms with Gasteiger partial charge in [0.1, 0.15) is 23.9 Å². The molecule has 8 heteroatoms. The predicted molar refractivity (Wildman–Crippen MR) is 124 cm³/mol. The van der Waals surface area contributed by atoms with Gasteiger partial charge in [-0.3, -0.25) is 15.0 Å². The smallest absolute Gasteiger partial charge is 0.426 e. The number of amides is 2. The topological polar surface area (TPSA) is 120 Å². The van der Waals surface area contributed by atoms with Crippen molar-refractivity contribution >= 4 is 17.8 Å². The maximum absolute atomic E-state index is 12.7. The second kappa shape index (κ2) is 15.2. The Balaban J connectivity index is 2.55. The summed E-state index contributed by atoms with van der Waals surface area (Å²) in [6, 6.07) is 8.96. The van der Waals surface area contributed by atoms with Crippen LogP contribution in [-0.2, 0) is 14.3 Å². The van der Waals surface area contributed by atoms with E-state index in [4.69, 9.17) is 15.2 Å². The normalized spacial score (nSPS) is 12.0. The van der Waals surface area contributed by atoms with E-state index >= 15 is 0 Å². The van der Waals surface area contributed by atoms with Crippen molar-refractivity contribution < 1.29 is 23.9 Å². The molecule has 1 aromatic carbocycles. The van der Waals surface area contributed by atoms with Gasteiger partial charge in [-0.15, -0.1) is 0 Å². The third kappa shape index (κ3) is 12.9. The highest BCUT2D eigenvalue weighted by Gasteiger charge is 2.27. The van der Waals surface area contributed by atoms with E-state index in [1.54, 1.807) is 32.9 Å². The molecule has 0 bridgehead atoms. The lowest BCUT2D eigenvalue weighted by molar-refractivity contribution is -0.136. The Kier molecular flexibility index (Phi) is 13.1. The number of hydrogen-bond donors (Lipinski definition) is 3. The van der Waals surface area contributed by atoms with Crippen molar-refractivity contribution in [3.05, 3.63) is 30.3 Å². The summed E-state index contributed by atoms with van der Waals surface area (Å²) in [6.45, 7) is 5.67. The van der Waals surface area contributed by atoms with Crippen LogP contribution in [-0.4, -0.2) is 36.5 Å². The highest BCUT2D eigenvalue weighted by atomic mass is 16.6. The van der Waals surface area contributed by atoms with Crippen LogP contribution in [0.5, 0.6) is 5.75 Å². The molecule has 0 saturated carbocycles. The molecule has 180 valence electrons. The fraction of sp³-hybridized carbons (Fsp3) is 0.625. The van der Waals surface area contributed by atoms with Crippen LogP contribution in [0.2, 0.25) is 0 Å². The van der Waals surface area contributed by atoms with E-state index in [0.29, 0.717) is 12.2 Å². The van der Waals surface area contributed by atoms with Gasteiger partial charge >= 0.3 is 6.09 Å². The lowest BCUT2D eigenvalue weighted by Crippen LogP contribution is -2.48. The lowest BCUT2D eigenvalue weighted by atomic mass is 9.95. The molecule has 1 aromatic rings. The zero-order valence-corrected chi connectivity index (χ0v) is 19.7. The Labute approximate surface area is 191 Å². The highest BCUT2D eigenvalue weighted by Crippen LogP contribution is 2.16. The van der Waals surface area contributed by atoms with E-state index < -0.39 is 23.5 Å². The maximum atomic E-state index is 12.7. The van der Waals surface area contributed by atoms with Crippen molar-refractivity contribution in [3.8, 4) is 5.75 Å². The van der Waals surface area contributed by atoms with Crippen molar-refractivity contribution in [1.29, 1.82) is 0 Å². The summed E-state index contributed by atoms with van der Waals surface area (Å²) < 4.78 is 10.6. The second-order valence-corrected chi connectivity index (χ2v) is 8.79. The number of nitrogens with one attached hydrogen (secondary N) is 2. The molecule has 1 rings (SSSR count). The Bertz CT molecular complexity index is 689. The number of hydrogen-bond acceptors (Lipinski definition) is 6. The van der Waals surface area contributed by atoms with Crippen molar-refractivity contribution in [2.24, 2.45) is 11.7 Å². The molecule has 8 nitrogen and oxygen atoms in total. The van der Waals surface area contributed by atoms with Gasteiger partial charge in [-0.2, -0.15) is 0 Å². The minimum absolute atomic E-state index is 0.215. The van der Waals surface area contributed by atoms with Gasteiger partial charge < -0.3 is 15.2 Å². The number of hydrazine groups is 1. The minimum atomic E-state index is -0.911. The number of ketones is 1. The standard InChI is InChI=1S/C24H39N3O5/c1-24(2,3)32-23(30)27-26-22(29)20(16-12-7-5-4-6-8-13-17-25)21(28)18-31-19-14-10-9-11-15-19/h9-11,14-15,20H,4-8,12-13,16-18,25H2,1-3H3,(H,26,29)(H,27,30). The average Bonchev–Trinajstić information content (AvgIpc) is 2.74. The first-order valence-corrected chi connectivity index (χ1v) is 11.4. The molecule has 4 N–H and O–H groups in total. The molecule has 0 aliphatic rings. The molecule has 0 aromatic heterocycles. The van der Waals surface area contributed by atoms with Crippen LogP contribution < -0.4 is 21.3 Å². The van der Waals surface area contributed by atoms with Crippen molar-refractivity contribution in [2.75, 3.05) is 13.2 Å². The number of benzene rings is 1. The fourth-order valence-electron chi connectivity index (χ4n) is 3.09.